The van der Waals surface area contributed by atoms with Crippen LogP contribution < -0.4 is 10.9 Å². The number of carbonyl (C=O) groups excluding carboxylic acids is 1. The van der Waals surface area contributed by atoms with Gasteiger partial charge in [-0.2, -0.15) is 0 Å². The van der Waals surface area contributed by atoms with Gasteiger partial charge in [-0.25, -0.2) is 4.98 Å². The Morgan fingerprint density at radius 3 is 2.92 bits per heavy atom. The maximum absolute atomic E-state index is 12.9. The molecule has 8 heteroatoms. The zero-order valence-electron chi connectivity index (χ0n) is 14.7. The van der Waals surface area contributed by atoms with Crippen molar-refractivity contribution in [2.75, 3.05) is 5.75 Å². The lowest BCUT2D eigenvalue weighted by atomic mass is 10.3. The Morgan fingerprint density at radius 1 is 1.35 bits per heavy atom. The predicted octanol–water partition coefficient (Wildman–Crippen LogP) is 3.77. The van der Waals surface area contributed by atoms with Crippen LogP contribution in [-0.2, 0) is 17.8 Å². The molecule has 0 radical (unpaired) electrons. The molecule has 0 aliphatic heterocycles. The first-order valence-electron chi connectivity index (χ1n) is 8.51. The van der Waals surface area contributed by atoms with E-state index in [1.807, 2.05) is 36.7 Å². The molecule has 26 heavy (non-hydrogen) atoms. The van der Waals surface area contributed by atoms with Crippen LogP contribution in [0.15, 0.2) is 38.9 Å². The van der Waals surface area contributed by atoms with Gasteiger partial charge in [0, 0.05) is 17.5 Å². The van der Waals surface area contributed by atoms with Crippen molar-refractivity contribution < 1.29 is 4.79 Å². The molecule has 3 aromatic heterocycles. The average molecular weight is 408 g/mol. The van der Waals surface area contributed by atoms with E-state index in [0.29, 0.717) is 21.9 Å². The second kappa shape index (κ2) is 8.83. The fourth-order valence-electron chi connectivity index (χ4n) is 2.46. The predicted molar refractivity (Wildman–Crippen MR) is 111 cm³/mol. The summed E-state index contributed by atoms with van der Waals surface area (Å²) in [6.45, 7) is 4.58. The monoisotopic (exact) mass is 407 g/mol. The van der Waals surface area contributed by atoms with Crippen LogP contribution >= 0.6 is 34.4 Å². The lowest BCUT2D eigenvalue weighted by molar-refractivity contribution is -0.119. The number of amides is 1. The Balaban J connectivity index is 1.81. The van der Waals surface area contributed by atoms with Crippen molar-refractivity contribution in [2.45, 2.75) is 44.4 Å². The summed E-state index contributed by atoms with van der Waals surface area (Å²) in [4.78, 5) is 30.8. The van der Waals surface area contributed by atoms with Crippen molar-refractivity contribution in [2.24, 2.45) is 0 Å². The summed E-state index contributed by atoms with van der Waals surface area (Å²) < 4.78 is 2.38. The number of aromatic nitrogens is 2. The average Bonchev–Trinajstić information content (AvgIpc) is 3.30. The number of nitrogens with zero attached hydrogens (tertiary/aromatic N) is 2. The highest BCUT2D eigenvalue weighted by Gasteiger charge is 2.15. The molecule has 1 unspecified atom stereocenters. The smallest absolute Gasteiger partial charge is 0.272 e. The molecule has 1 N–H and O–H groups in total. The Morgan fingerprint density at radius 2 is 2.19 bits per heavy atom. The van der Waals surface area contributed by atoms with Crippen LogP contribution in [0.5, 0.6) is 0 Å². The summed E-state index contributed by atoms with van der Waals surface area (Å²) in [5.74, 6) is 0.222. The van der Waals surface area contributed by atoms with Crippen LogP contribution in [0, 0.1) is 0 Å². The number of carbonyl (C=O) groups is 1. The van der Waals surface area contributed by atoms with Crippen molar-refractivity contribution >= 4 is 50.6 Å². The van der Waals surface area contributed by atoms with Crippen molar-refractivity contribution in [3.63, 3.8) is 0 Å². The minimum absolute atomic E-state index is 0.0219. The number of hydrogen-bond acceptors (Lipinski definition) is 6. The zero-order valence-corrected chi connectivity index (χ0v) is 17.2. The van der Waals surface area contributed by atoms with Gasteiger partial charge in [0.2, 0.25) is 5.91 Å². The van der Waals surface area contributed by atoms with Crippen LogP contribution in [0.3, 0.4) is 0 Å². The molecular weight excluding hydrogens is 386 g/mol. The van der Waals surface area contributed by atoms with E-state index in [4.69, 9.17) is 0 Å². The lowest BCUT2D eigenvalue weighted by Gasteiger charge is -2.13. The summed E-state index contributed by atoms with van der Waals surface area (Å²) in [7, 11) is 0. The van der Waals surface area contributed by atoms with E-state index in [1.165, 1.54) is 28.0 Å². The number of rotatable bonds is 8. The van der Waals surface area contributed by atoms with E-state index in [2.05, 4.69) is 16.4 Å². The third-order valence-electron chi connectivity index (χ3n) is 4.04. The van der Waals surface area contributed by atoms with Crippen LogP contribution in [-0.4, -0.2) is 27.3 Å². The molecular formula is C18H21N3O2S3. The summed E-state index contributed by atoms with van der Waals surface area (Å²) in [5.41, 5.74) is 0.684. The van der Waals surface area contributed by atoms with E-state index in [-0.39, 0.29) is 23.3 Å². The van der Waals surface area contributed by atoms with Gasteiger partial charge in [-0.1, -0.05) is 24.8 Å². The standard InChI is InChI=1S/C18H21N3O2S3/c1-3-12(2)19-15(22)11-26-18-20-14-7-10-25-16(14)17(23)21(18)8-6-13-5-4-9-24-13/h4-5,7,9-10,12H,3,6,8,11H2,1-2H3,(H,19,22). The molecule has 1 amide bonds. The molecule has 1 atom stereocenters. The largest absolute Gasteiger partial charge is 0.353 e. The molecule has 0 fully saturated rings. The normalized spacial score (nSPS) is 12.4. The van der Waals surface area contributed by atoms with Gasteiger partial charge in [0.15, 0.2) is 5.16 Å². The van der Waals surface area contributed by atoms with Gasteiger partial charge >= 0.3 is 0 Å². The topological polar surface area (TPSA) is 64.0 Å². The van der Waals surface area contributed by atoms with Gasteiger partial charge < -0.3 is 5.32 Å². The van der Waals surface area contributed by atoms with Crippen LogP contribution in [0.1, 0.15) is 25.1 Å². The van der Waals surface area contributed by atoms with Gasteiger partial charge in [-0.3, -0.25) is 14.2 Å². The van der Waals surface area contributed by atoms with Gasteiger partial charge in [0.05, 0.1) is 11.3 Å². The Hall–Kier alpha value is -1.64. The highest BCUT2D eigenvalue weighted by atomic mass is 32.2. The van der Waals surface area contributed by atoms with Gasteiger partial charge in [-0.05, 0) is 42.7 Å². The van der Waals surface area contributed by atoms with E-state index in [0.717, 1.165) is 12.8 Å². The first-order chi connectivity index (χ1) is 12.6. The SMILES string of the molecule is CCC(C)NC(=O)CSc1nc2ccsc2c(=O)n1CCc1cccs1. The minimum atomic E-state index is -0.0335. The quantitative estimate of drug-likeness (QED) is 0.456. The highest BCUT2D eigenvalue weighted by Crippen LogP contribution is 2.21. The number of fused-ring (bicyclic) bond motifs is 1. The number of nitrogens with one attached hydrogen (secondary N) is 1. The molecule has 0 saturated carbocycles. The molecule has 138 valence electrons. The number of thioether (sulfide) groups is 1. The summed E-state index contributed by atoms with van der Waals surface area (Å²) in [5, 5.41) is 7.47. The van der Waals surface area contributed by atoms with Crippen molar-refractivity contribution in [1.82, 2.24) is 14.9 Å². The molecule has 5 nitrogen and oxygen atoms in total. The molecule has 0 aliphatic carbocycles. The number of aryl methyl sites for hydroxylation is 1. The first kappa shape index (κ1) is 19.1. The fourth-order valence-corrected chi connectivity index (χ4v) is 4.77. The van der Waals surface area contributed by atoms with Crippen molar-refractivity contribution in [1.29, 1.82) is 0 Å². The second-order valence-electron chi connectivity index (χ2n) is 5.98. The molecule has 0 spiro atoms. The second-order valence-corrected chi connectivity index (χ2v) is 8.87. The maximum Gasteiger partial charge on any atom is 0.272 e. The van der Waals surface area contributed by atoms with Gasteiger partial charge in [0.1, 0.15) is 4.70 Å². The van der Waals surface area contributed by atoms with Gasteiger partial charge in [-0.15, -0.1) is 22.7 Å². The molecule has 0 saturated heterocycles. The van der Waals surface area contributed by atoms with Crippen molar-refractivity contribution in [3.8, 4) is 0 Å². The molecule has 3 heterocycles. The van der Waals surface area contributed by atoms with E-state index in [9.17, 15) is 9.59 Å². The third-order valence-corrected chi connectivity index (χ3v) is 6.85. The number of hydrogen-bond donors (Lipinski definition) is 1. The Bertz CT molecular complexity index is 931. The summed E-state index contributed by atoms with van der Waals surface area (Å²) >= 11 is 4.42. The van der Waals surface area contributed by atoms with E-state index in [1.54, 1.807) is 15.9 Å². The summed E-state index contributed by atoms with van der Waals surface area (Å²) in [6.07, 6.45) is 1.67. The van der Waals surface area contributed by atoms with Crippen LogP contribution in [0.4, 0.5) is 0 Å². The molecule has 3 rings (SSSR count). The van der Waals surface area contributed by atoms with Crippen LogP contribution in [0.25, 0.3) is 10.2 Å². The maximum atomic E-state index is 12.9. The highest BCUT2D eigenvalue weighted by molar-refractivity contribution is 7.99. The zero-order chi connectivity index (χ0) is 18.5. The first-order valence-corrected chi connectivity index (χ1v) is 11.3. The lowest BCUT2D eigenvalue weighted by Crippen LogP contribution is -2.33. The van der Waals surface area contributed by atoms with Crippen LogP contribution in [0.2, 0.25) is 0 Å². The van der Waals surface area contributed by atoms with Crippen molar-refractivity contribution in [3.05, 3.63) is 44.2 Å². The number of thiophene rings is 2. The molecule has 0 aliphatic rings. The Labute approximate surface area is 164 Å². The molecule has 0 aromatic carbocycles. The summed E-state index contributed by atoms with van der Waals surface area (Å²) in [6, 6.07) is 6.09. The van der Waals surface area contributed by atoms with Gasteiger partial charge in [0.25, 0.3) is 5.56 Å². The Kier molecular flexibility index (Phi) is 6.50. The third kappa shape index (κ3) is 4.55. The minimum Gasteiger partial charge on any atom is -0.353 e. The van der Waals surface area contributed by atoms with E-state index < -0.39 is 0 Å². The molecule has 0 bridgehead atoms. The molecule has 3 aromatic rings. The fraction of sp³-hybridized carbons (Fsp3) is 0.389. The van der Waals surface area contributed by atoms with E-state index >= 15 is 0 Å².